The summed E-state index contributed by atoms with van der Waals surface area (Å²) < 4.78 is 4.64. The molecule has 1 heterocycles. The summed E-state index contributed by atoms with van der Waals surface area (Å²) in [6.07, 6.45) is 2.77. The highest BCUT2D eigenvalue weighted by Gasteiger charge is 2.02. The van der Waals surface area contributed by atoms with Gasteiger partial charge in [0.2, 0.25) is 12.2 Å². The Balaban J connectivity index is 2.29. The molecule has 80 valence electrons. The summed E-state index contributed by atoms with van der Waals surface area (Å²) >= 11 is 0. The van der Waals surface area contributed by atoms with Crippen molar-refractivity contribution in [3.63, 3.8) is 0 Å². The van der Waals surface area contributed by atoms with E-state index in [1.165, 1.54) is 12.5 Å². The fourth-order valence-corrected chi connectivity index (χ4v) is 1.28. The van der Waals surface area contributed by atoms with Crippen LogP contribution in [0.15, 0.2) is 40.8 Å². The number of benzene rings is 1. The monoisotopic (exact) mass is 222 g/mol. The van der Waals surface area contributed by atoms with Crippen LogP contribution in [0.1, 0.15) is 5.56 Å². The molecule has 0 atom stereocenters. The zero-order valence-electron chi connectivity index (χ0n) is 8.66. The highest BCUT2D eigenvalue weighted by molar-refractivity contribution is 5.64. The number of aromatic nitrogens is 2. The van der Waals surface area contributed by atoms with Crippen LogP contribution in [-0.4, -0.2) is 10.1 Å². The molecular weight excluding hydrogens is 216 g/mol. The third-order valence-corrected chi connectivity index (χ3v) is 2.08. The molecule has 0 aliphatic carbocycles. The van der Waals surface area contributed by atoms with Gasteiger partial charge in [-0.2, -0.15) is 15.5 Å². The van der Waals surface area contributed by atoms with Gasteiger partial charge in [0.15, 0.2) is 0 Å². The van der Waals surface area contributed by atoms with E-state index in [1.54, 1.807) is 36.4 Å². The van der Waals surface area contributed by atoms with Crippen LogP contribution in [0.4, 0.5) is 0 Å². The number of rotatable bonds is 2. The second-order valence-corrected chi connectivity index (χ2v) is 3.16. The molecule has 0 amide bonds. The second-order valence-electron chi connectivity index (χ2n) is 3.16. The Morgan fingerprint density at radius 1 is 1.18 bits per heavy atom. The van der Waals surface area contributed by atoms with Crippen LogP contribution >= 0.6 is 0 Å². The van der Waals surface area contributed by atoms with Crippen LogP contribution in [0, 0.1) is 22.7 Å². The maximum Gasteiger partial charge on any atom is 0.214 e. The van der Waals surface area contributed by atoms with Gasteiger partial charge in [0.25, 0.3) is 0 Å². The Morgan fingerprint density at radius 3 is 2.41 bits per heavy atom. The van der Waals surface area contributed by atoms with Crippen molar-refractivity contribution >= 4 is 6.08 Å². The number of nitrogens with zero attached hydrogens (tertiary/aromatic N) is 4. The van der Waals surface area contributed by atoms with Gasteiger partial charge in [0.1, 0.15) is 17.7 Å². The molecular formula is C12H6N4O. The van der Waals surface area contributed by atoms with Gasteiger partial charge in [-0.1, -0.05) is 29.4 Å². The van der Waals surface area contributed by atoms with Gasteiger partial charge in [-0.3, -0.25) is 0 Å². The molecule has 17 heavy (non-hydrogen) atoms. The summed E-state index contributed by atoms with van der Waals surface area (Å²) in [6.45, 7) is 0. The van der Waals surface area contributed by atoms with Gasteiger partial charge >= 0.3 is 0 Å². The van der Waals surface area contributed by atoms with E-state index >= 15 is 0 Å². The van der Waals surface area contributed by atoms with E-state index in [1.807, 2.05) is 0 Å². The second kappa shape index (κ2) is 4.73. The lowest BCUT2D eigenvalue weighted by atomic mass is 10.1. The van der Waals surface area contributed by atoms with Crippen molar-refractivity contribution in [2.75, 3.05) is 0 Å². The van der Waals surface area contributed by atoms with Gasteiger partial charge in [-0.15, -0.1) is 0 Å². The molecule has 0 aliphatic heterocycles. The summed E-state index contributed by atoms with van der Waals surface area (Å²) in [5.41, 5.74) is 1.65. The Bertz CT molecular complexity index is 596. The molecule has 1 aromatic heterocycles. The lowest BCUT2D eigenvalue weighted by Gasteiger charge is -1.95. The third kappa shape index (κ3) is 2.36. The lowest BCUT2D eigenvalue weighted by molar-refractivity contribution is 0.419. The number of nitriles is 2. The first-order valence-electron chi connectivity index (χ1n) is 4.72. The normalized spacial score (nSPS) is 9.06. The van der Waals surface area contributed by atoms with Crippen LogP contribution in [0.3, 0.4) is 0 Å². The van der Waals surface area contributed by atoms with Gasteiger partial charge in [0.05, 0.1) is 0 Å². The first kappa shape index (κ1) is 10.6. The molecule has 2 rings (SSSR count). The molecule has 5 nitrogen and oxygen atoms in total. The molecule has 5 heteroatoms. The van der Waals surface area contributed by atoms with E-state index in [0.717, 1.165) is 11.1 Å². The van der Waals surface area contributed by atoms with Crippen molar-refractivity contribution in [1.29, 1.82) is 10.5 Å². The molecule has 0 unspecified atom stereocenters. The molecule has 0 aliphatic rings. The van der Waals surface area contributed by atoms with Crippen molar-refractivity contribution in [2.24, 2.45) is 0 Å². The zero-order chi connectivity index (χ0) is 12.1. The van der Waals surface area contributed by atoms with E-state index in [9.17, 15) is 0 Å². The molecule has 0 saturated carbocycles. The van der Waals surface area contributed by atoms with E-state index in [4.69, 9.17) is 10.5 Å². The largest absolute Gasteiger partial charge is 0.342 e. The average molecular weight is 222 g/mol. The maximum absolute atomic E-state index is 8.62. The Hall–Kier alpha value is -2.92. The molecule has 0 saturated heterocycles. The standard InChI is InChI=1S/C12H6N4O/c13-6-10(7-14)5-9-1-3-11(4-2-9)12-15-8-17-16-12/h1-5,8H. The summed E-state index contributed by atoms with van der Waals surface area (Å²) in [6, 6.07) is 10.8. The first-order chi connectivity index (χ1) is 8.33. The summed E-state index contributed by atoms with van der Waals surface area (Å²) in [4.78, 5) is 3.91. The van der Waals surface area contributed by atoms with Crippen LogP contribution in [0.25, 0.3) is 17.5 Å². The smallest absolute Gasteiger partial charge is 0.214 e. The maximum atomic E-state index is 8.62. The van der Waals surface area contributed by atoms with Crippen molar-refractivity contribution in [3.8, 4) is 23.5 Å². The van der Waals surface area contributed by atoms with Crippen molar-refractivity contribution in [1.82, 2.24) is 10.1 Å². The van der Waals surface area contributed by atoms with Crippen molar-refractivity contribution in [2.45, 2.75) is 0 Å². The predicted molar refractivity (Wildman–Crippen MR) is 58.9 cm³/mol. The minimum atomic E-state index is 0.0670. The summed E-state index contributed by atoms with van der Waals surface area (Å²) in [5, 5.41) is 20.9. The van der Waals surface area contributed by atoms with Gasteiger partial charge < -0.3 is 4.52 Å². The minimum absolute atomic E-state index is 0.0670. The number of allylic oxidation sites excluding steroid dienone is 1. The number of hydrogen-bond donors (Lipinski definition) is 0. The molecule has 2 aromatic rings. The molecule has 1 aromatic carbocycles. The topological polar surface area (TPSA) is 86.5 Å². The molecule has 0 N–H and O–H groups in total. The van der Waals surface area contributed by atoms with E-state index < -0.39 is 0 Å². The van der Waals surface area contributed by atoms with Crippen molar-refractivity contribution in [3.05, 3.63) is 41.8 Å². The average Bonchev–Trinajstić information content (AvgIpc) is 2.90. The van der Waals surface area contributed by atoms with Crippen LogP contribution in [0.2, 0.25) is 0 Å². The molecule has 0 bridgehead atoms. The molecule has 0 fully saturated rings. The number of hydrogen-bond acceptors (Lipinski definition) is 5. The third-order valence-electron chi connectivity index (χ3n) is 2.08. The quantitative estimate of drug-likeness (QED) is 0.726. The van der Waals surface area contributed by atoms with Crippen molar-refractivity contribution < 1.29 is 4.52 Å². The summed E-state index contributed by atoms with van der Waals surface area (Å²) in [7, 11) is 0. The van der Waals surface area contributed by atoms with Gasteiger partial charge in [-0.25, -0.2) is 0 Å². The van der Waals surface area contributed by atoms with E-state index in [-0.39, 0.29) is 5.57 Å². The fourth-order valence-electron chi connectivity index (χ4n) is 1.28. The first-order valence-corrected chi connectivity index (χ1v) is 4.72. The Labute approximate surface area is 97.2 Å². The zero-order valence-corrected chi connectivity index (χ0v) is 8.66. The SMILES string of the molecule is N#CC(C#N)=Cc1ccc(-c2ncon2)cc1. The van der Waals surface area contributed by atoms with E-state index in [2.05, 4.69) is 14.7 Å². The lowest BCUT2D eigenvalue weighted by Crippen LogP contribution is -1.81. The highest BCUT2D eigenvalue weighted by Crippen LogP contribution is 2.16. The fraction of sp³-hybridized carbons (Fsp3) is 0. The Kier molecular flexibility index (Phi) is 2.95. The van der Waals surface area contributed by atoms with Crippen LogP contribution < -0.4 is 0 Å². The van der Waals surface area contributed by atoms with Crippen LogP contribution in [-0.2, 0) is 0 Å². The van der Waals surface area contributed by atoms with Gasteiger partial charge in [-0.05, 0) is 11.6 Å². The minimum Gasteiger partial charge on any atom is -0.342 e. The molecule has 0 radical (unpaired) electrons. The summed E-state index contributed by atoms with van der Waals surface area (Å²) in [5.74, 6) is 0.501. The van der Waals surface area contributed by atoms with Gasteiger partial charge in [0, 0.05) is 5.56 Å². The van der Waals surface area contributed by atoms with Crippen LogP contribution in [0.5, 0.6) is 0 Å². The van der Waals surface area contributed by atoms with E-state index in [0.29, 0.717) is 5.82 Å². The molecule has 0 spiro atoms. The highest BCUT2D eigenvalue weighted by atomic mass is 16.5. The predicted octanol–water partition coefficient (Wildman–Crippen LogP) is 2.17. The Morgan fingerprint density at radius 2 is 1.88 bits per heavy atom.